The number of hydrogen-bond donors (Lipinski definition) is 2. The van der Waals surface area contributed by atoms with Crippen molar-refractivity contribution in [2.24, 2.45) is 81.8 Å². The minimum absolute atomic E-state index is 0.307. The van der Waals surface area contributed by atoms with Crippen LogP contribution in [0.25, 0.3) is 0 Å². The maximum absolute atomic E-state index is 10.3. The summed E-state index contributed by atoms with van der Waals surface area (Å²) in [6.45, 7) is 6.10. The van der Waals surface area contributed by atoms with E-state index in [4.69, 9.17) is 0 Å². The standard InChI is InChI=1S/C30H38O2/c1-29-25-17-9-18(14-6-4-3-5-13(14)17)26(25)30(29,2)28-20-10-19(27(28)29)23-15-7-8-16(24(20)23)22(12-32)21(15)11-31/h3-6,15-28,31-32H,7-12H2,1-2H3/t15-,16+,17+,18-,19-,20+,21-,22-,23+,24-,25+,26-,27-,28+,29+,30-/m1/s1. The second-order valence-corrected chi connectivity index (χ2v) is 14.1. The Hall–Kier alpha value is -0.860. The predicted octanol–water partition coefficient (Wildman–Crippen LogP) is 4.91. The first-order valence-electron chi connectivity index (χ1n) is 13.9. The maximum atomic E-state index is 10.3. The van der Waals surface area contributed by atoms with Gasteiger partial charge in [0.05, 0.1) is 0 Å². The average molecular weight is 431 g/mol. The summed E-state index contributed by atoms with van der Waals surface area (Å²) in [4.78, 5) is 0. The summed E-state index contributed by atoms with van der Waals surface area (Å²) in [5, 5.41) is 20.6. The third-order valence-corrected chi connectivity index (χ3v) is 14.7. The molecule has 9 aliphatic rings. The van der Waals surface area contributed by atoms with Crippen LogP contribution in [0.5, 0.6) is 0 Å². The van der Waals surface area contributed by atoms with Gasteiger partial charge in [0.2, 0.25) is 0 Å². The molecule has 2 heteroatoms. The van der Waals surface area contributed by atoms with E-state index < -0.39 is 0 Å². The third kappa shape index (κ3) is 1.50. The number of aliphatic hydroxyl groups is 2. The lowest BCUT2D eigenvalue weighted by molar-refractivity contribution is -0.378. The summed E-state index contributed by atoms with van der Waals surface area (Å²) in [6.07, 6.45) is 5.57. The zero-order valence-corrected chi connectivity index (χ0v) is 19.5. The molecule has 0 aromatic heterocycles. The van der Waals surface area contributed by atoms with Crippen LogP contribution >= 0.6 is 0 Å². The molecule has 1 aromatic carbocycles. The second kappa shape index (κ2) is 5.35. The lowest BCUT2D eigenvalue weighted by Gasteiger charge is -2.85. The predicted molar refractivity (Wildman–Crippen MR) is 123 cm³/mol. The molecule has 0 unspecified atom stereocenters. The first-order chi connectivity index (χ1) is 15.6. The van der Waals surface area contributed by atoms with Gasteiger partial charge in [-0.25, -0.2) is 0 Å². The molecule has 0 amide bonds. The van der Waals surface area contributed by atoms with Gasteiger partial charge in [0.25, 0.3) is 0 Å². The number of aliphatic hydroxyl groups excluding tert-OH is 2. The van der Waals surface area contributed by atoms with Crippen molar-refractivity contribution in [2.75, 3.05) is 13.2 Å². The Morgan fingerprint density at radius 1 is 0.688 bits per heavy atom. The van der Waals surface area contributed by atoms with E-state index >= 15 is 0 Å². The van der Waals surface area contributed by atoms with Crippen LogP contribution in [-0.2, 0) is 0 Å². The first kappa shape index (κ1) is 18.5. The second-order valence-electron chi connectivity index (χ2n) is 14.1. The van der Waals surface area contributed by atoms with Crippen molar-refractivity contribution in [2.45, 2.75) is 51.4 Å². The molecule has 0 spiro atoms. The summed E-state index contributed by atoms with van der Waals surface area (Å²) in [7, 11) is 0. The molecule has 2 N–H and O–H groups in total. The molecular formula is C30H38O2. The molecule has 8 saturated carbocycles. The Balaban J connectivity index is 1.14. The average Bonchev–Trinajstić information content (AvgIpc) is 3.59. The van der Waals surface area contributed by atoms with Crippen LogP contribution in [0.4, 0.5) is 0 Å². The fourth-order valence-electron chi connectivity index (χ4n) is 14.5. The van der Waals surface area contributed by atoms with E-state index in [0.29, 0.717) is 47.7 Å². The number of benzene rings is 1. The molecule has 1 aromatic rings. The highest BCUT2D eigenvalue weighted by Gasteiger charge is 2.90. The van der Waals surface area contributed by atoms with Crippen molar-refractivity contribution in [3.63, 3.8) is 0 Å². The van der Waals surface area contributed by atoms with Crippen LogP contribution in [0.2, 0.25) is 0 Å². The van der Waals surface area contributed by atoms with Gasteiger partial charge < -0.3 is 10.2 Å². The summed E-state index contributed by atoms with van der Waals surface area (Å²) in [5.41, 5.74) is 4.55. The Bertz CT molecular complexity index is 954. The van der Waals surface area contributed by atoms with E-state index in [0.717, 1.165) is 59.2 Å². The Kier molecular flexibility index (Phi) is 3.09. The Morgan fingerprint density at radius 2 is 1.16 bits per heavy atom. The van der Waals surface area contributed by atoms with Gasteiger partial charge in [0.1, 0.15) is 0 Å². The number of fused-ring (bicyclic) bond motifs is 20. The molecule has 16 atom stereocenters. The van der Waals surface area contributed by atoms with Gasteiger partial charge in [-0.1, -0.05) is 38.1 Å². The SMILES string of the molecule is C[C@@]12[C@H]3[C@H]4C[C@H]([C@@H]5[C@@H]6CC[C@@H]([C@@H](CO)[C@@H]6CO)[C@H]45)[C@H]3[C@]1(C)[C@@H]1[C@H]2[C@@H]2C[C@H]1c1ccccc12. The van der Waals surface area contributed by atoms with Gasteiger partial charge in [-0.05, 0) is 130 Å². The fourth-order valence-corrected chi connectivity index (χ4v) is 14.5. The molecular weight excluding hydrogens is 392 g/mol. The molecule has 0 radical (unpaired) electrons. The van der Waals surface area contributed by atoms with E-state index in [1.54, 1.807) is 11.1 Å². The lowest BCUT2D eigenvalue weighted by atomic mass is 9.18. The van der Waals surface area contributed by atoms with E-state index in [2.05, 4.69) is 38.1 Å². The van der Waals surface area contributed by atoms with Gasteiger partial charge in [0, 0.05) is 13.2 Å². The zero-order valence-electron chi connectivity index (χ0n) is 19.5. The molecule has 0 aliphatic heterocycles. The number of hydrogen-bond acceptors (Lipinski definition) is 2. The fraction of sp³-hybridized carbons (Fsp3) is 0.800. The van der Waals surface area contributed by atoms with Crippen LogP contribution in [0.3, 0.4) is 0 Å². The zero-order chi connectivity index (χ0) is 21.3. The number of rotatable bonds is 2. The summed E-state index contributed by atoms with van der Waals surface area (Å²) < 4.78 is 0. The minimum Gasteiger partial charge on any atom is -0.396 e. The van der Waals surface area contributed by atoms with Crippen molar-refractivity contribution >= 4 is 0 Å². The quantitative estimate of drug-likeness (QED) is 0.654. The normalized spacial score (nSPS) is 65.5. The molecule has 170 valence electrons. The highest BCUT2D eigenvalue weighted by Crippen LogP contribution is 2.95. The van der Waals surface area contributed by atoms with Gasteiger partial charge in [0.15, 0.2) is 0 Å². The monoisotopic (exact) mass is 430 g/mol. The van der Waals surface area contributed by atoms with Crippen LogP contribution in [0, 0.1) is 81.8 Å². The van der Waals surface area contributed by atoms with E-state index in [1.165, 1.54) is 25.7 Å². The minimum atomic E-state index is 0.307. The molecule has 9 aliphatic carbocycles. The van der Waals surface area contributed by atoms with Gasteiger partial charge in [-0.3, -0.25) is 0 Å². The molecule has 0 saturated heterocycles. The maximum Gasteiger partial charge on any atom is 0.0465 e. The van der Waals surface area contributed by atoms with E-state index in [9.17, 15) is 10.2 Å². The molecule has 10 rings (SSSR count). The molecule has 6 bridgehead atoms. The summed E-state index contributed by atoms with van der Waals surface area (Å²) in [5.74, 6) is 11.2. The van der Waals surface area contributed by atoms with Gasteiger partial charge in [-0.2, -0.15) is 0 Å². The Morgan fingerprint density at radius 3 is 1.59 bits per heavy atom. The molecule has 0 heterocycles. The van der Waals surface area contributed by atoms with Crippen LogP contribution in [0.15, 0.2) is 24.3 Å². The molecule has 8 fully saturated rings. The Labute approximate surface area is 192 Å². The van der Waals surface area contributed by atoms with Gasteiger partial charge >= 0.3 is 0 Å². The van der Waals surface area contributed by atoms with Gasteiger partial charge in [-0.15, -0.1) is 0 Å². The third-order valence-electron chi connectivity index (χ3n) is 14.7. The largest absolute Gasteiger partial charge is 0.396 e. The van der Waals surface area contributed by atoms with Crippen molar-refractivity contribution in [1.82, 2.24) is 0 Å². The lowest BCUT2D eigenvalue weighted by Crippen LogP contribution is -2.81. The van der Waals surface area contributed by atoms with Crippen molar-refractivity contribution in [3.8, 4) is 0 Å². The van der Waals surface area contributed by atoms with Crippen LogP contribution in [-0.4, -0.2) is 23.4 Å². The van der Waals surface area contributed by atoms with Crippen molar-refractivity contribution < 1.29 is 10.2 Å². The molecule has 2 nitrogen and oxygen atoms in total. The summed E-state index contributed by atoms with van der Waals surface area (Å²) in [6, 6.07) is 9.49. The van der Waals surface area contributed by atoms with Crippen LogP contribution < -0.4 is 0 Å². The highest BCUT2D eigenvalue weighted by atomic mass is 16.3. The smallest absolute Gasteiger partial charge is 0.0465 e. The first-order valence-corrected chi connectivity index (χ1v) is 13.9. The van der Waals surface area contributed by atoms with Crippen molar-refractivity contribution in [3.05, 3.63) is 35.4 Å². The van der Waals surface area contributed by atoms with E-state index in [-0.39, 0.29) is 0 Å². The van der Waals surface area contributed by atoms with Crippen molar-refractivity contribution in [1.29, 1.82) is 0 Å². The highest BCUT2D eigenvalue weighted by molar-refractivity contribution is 5.50. The van der Waals surface area contributed by atoms with E-state index in [1.807, 2.05) is 0 Å². The summed E-state index contributed by atoms with van der Waals surface area (Å²) >= 11 is 0. The van der Waals surface area contributed by atoms with Crippen LogP contribution in [0.1, 0.15) is 62.5 Å². The molecule has 32 heavy (non-hydrogen) atoms. The topological polar surface area (TPSA) is 40.5 Å².